The van der Waals surface area contributed by atoms with Crippen LogP contribution in [0.5, 0.6) is 11.5 Å². The monoisotopic (exact) mass is 404 g/mol. The van der Waals surface area contributed by atoms with Gasteiger partial charge in [-0.25, -0.2) is 0 Å². The molecule has 0 unspecified atom stereocenters. The van der Waals surface area contributed by atoms with E-state index in [-0.39, 0.29) is 22.8 Å². The lowest BCUT2D eigenvalue weighted by Gasteiger charge is -2.13. The van der Waals surface area contributed by atoms with Gasteiger partial charge < -0.3 is 14.2 Å². The van der Waals surface area contributed by atoms with E-state index < -0.39 is 24.7 Å². The summed E-state index contributed by atoms with van der Waals surface area (Å²) in [5, 5.41) is 11.1. The number of rotatable bonds is 6. The van der Waals surface area contributed by atoms with Crippen molar-refractivity contribution in [3.63, 3.8) is 0 Å². The Bertz CT molecular complexity index is 990. The van der Waals surface area contributed by atoms with E-state index in [0.717, 1.165) is 11.6 Å². The highest BCUT2D eigenvalue weighted by atomic mass is 19.4. The van der Waals surface area contributed by atoms with Gasteiger partial charge in [0.15, 0.2) is 12.3 Å². The van der Waals surface area contributed by atoms with Crippen LogP contribution in [0.4, 0.5) is 22.0 Å². The minimum absolute atomic E-state index is 0.0552. The van der Waals surface area contributed by atoms with Crippen LogP contribution in [-0.2, 0) is 10.8 Å². The lowest BCUT2D eigenvalue weighted by atomic mass is 10.1. The van der Waals surface area contributed by atoms with Crippen LogP contribution in [0, 0.1) is 0 Å². The highest BCUT2D eigenvalue weighted by Crippen LogP contribution is 2.34. The molecule has 0 aliphatic rings. The summed E-state index contributed by atoms with van der Waals surface area (Å²) in [5.74, 6) is -0.759. The van der Waals surface area contributed by atoms with Crippen molar-refractivity contribution in [2.45, 2.75) is 12.3 Å². The number of halogens is 5. The Hall–Kier alpha value is -3.02. The average molecular weight is 404 g/mol. The van der Waals surface area contributed by atoms with Crippen molar-refractivity contribution in [1.29, 1.82) is 0 Å². The average Bonchev–Trinajstić information content (AvgIpc) is 3.09. The van der Waals surface area contributed by atoms with Gasteiger partial charge in [0.05, 0.1) is 12.8 Å². The number of aromatic nitrogens is 4. The number of alkyl halides is 5. The zero-order valence-electron chi connectivity index (χ0n) is 14.5. The summed E-state index contributed by atoms with van der Waals surface area (Å²) in [6.45, 7) is -1.46. The van der Waals surface area contributed by atoms with Crippen molar-refractivity contribution in [1.82, 2.24) is 19.8 Å². The van der Waals surface area contributed by atoms with Crippen LogP contribution in [0.3, 0.4) is 0 Å². The standard InChI is InChI=1S/C16H13F5N4O3/c1-26-12-7-9(28-8-15(17,18)19)3-4-10(12)11-5-6-13-22-23-14(25(13)24-11)16(20,21)27-2/h3-7H,8H2,1-2H3. The van der Waals surface area contributed by atoms with Gasteiger partial charge in [0, 0.05) is 18.7 Å². The maximum atomic E-state index is 13.8. The Morgan fingerprint density at radius 2 is 1.75 bits per heavy atom. The normalized spacial score (nSPS) is 12.4. The molecule has 2 heterocycles. The van der Waals surface area contributed by atoms with E-state index in [9.17, 15) is 22.0 Å². The van der Waals surface area contributed by atoms with Gasteiger partial charge in [0.1, 0.15) is 11.5 Å². The van der Waals surface area contributed by atoms with Crippen molar-refractivity contribution in [2.75, 3.05) is 20.8 Å². The lowest BCUT2D eigenvalue weighted by molar-refractivity contribution is -0.238. The number of benzene rings is 1. The molecule has 2 aromatic heterocycles. The molecule has 0 bridgehead atoms. The summed E-state index contributed by atoms with van der Waals surface area (Å²) in [6, 6.07) is 6.80. The SMILES string of the molecule is COc1cc(OCC(F)(F)F)ccc1-c1ccc2nnc(C(F)(F)OC)n2n1. The van der Waals surface area contributed by atoms with Crippen LogP contribution >= 0.6 is 0 Å². The first kappa shape index (κ1) is 19.7. The molecular formula is C16H13F5N4O3. The molecule has 0 amide bonds. The first-order chi connectivity index (χ1) is 13.1. The van der Waals surface area contributed by atoms with E-state index in [1.54, 1.807) is 0 Å². The summed E-state index contributed by atoms with van der Waals surface area (Å²) in [6.07, 6.45) is -8.21. The van der Waals surface area contributed by atoms with Crippen LogP contribution in [0.15, 0.2) is 30.3 Å². The number of methoxy groups -OCH3 is 2. The van der Waals surface area contributed by atoms with Crippen LogP contribution in [0.1, 0.15) is 5.82 Å². The summed E-state index contributed by atoms with van der Waals surface area (Å²) >= 11 is 0. The fraction of sp³-hybridized carbons (Fsp3) is 0.312. The summed E-state index contributed by atoms with van der Waals surface area (Å²) in [7, 11) is 2.11. The summed E-state index contributed by atoms with van der Waals surface area (Å²) < 4.78 is 79.4. The highest BCUT2D eigenvalue weighted by molar-refractivity contribution is 5.69. The van der Waals surface area contributed by atoms with Crippen LogP contribution < -0.4 is 9.47 Å². The zero-order chi connectivity index (χ0) is 20.5. The molecule has 0 aliphatic heterocycles. The van der Waals surface area contributed by atoms with Crippen molar-refractivity contribution in [3.8, 4) is 22.8 Å². The van der Waals surface area contributed by atoms with Crippen molar-refractivity contribution in [3.05, 3.63) is 36.2 Å². The Labute approximate surface area is 154 Å². The minimum atomic E-state index is -4.49. The summed E-state index contributed by atoms with van der Waals surface area (Å²) in [5.41, 5.74) is 0.586. The van der Waals surface area contributed by atoms with Gasteiger partial charge in [0.25, 0.3) is 5.82 Å². The molecule has 150 valence electrons. The molecule has 0 fully saturated rings. The molecule has 0 N–H and O–H groups in total. The molecular weight excluding hydrogens is 391 g/mol. The molecule has 0 atom stereocenters. The molecule has 0 spiro atoms. The molecule has 0 saturated heterocycles. The van der Waals surface area contributed by atoms with E-state index in [1.807, 2.05) is 0 Å². The largest absolute Gasteiger partial charge is 0.496 e. The second-order valence-electron chi connectivity index (χ2n) is 5.50. The van der Waals surface area contributed by atoms with Crippen LogP contribution in [0.25, 0.3) is 16.9 Å². The third kappa shape index (κ3) is 3.96. The molecule has 28 heavy (non-hydrogen) atoms. The van der Waals surface area contributed by atoms with E-state index in [0.29, 0.717) is 5.56 Å². The van der Waals surface area contributed by atoms with Crippen molar-refractivity contribution >= 4 is 5.65 Å². The molecule has 0 saturated carbocycles. The smallest absolute Gasteiger partial charge is 0.422 e. The third-order valence-electron chi connectivity index (χ3n) is 3.63. The third-order valence-corrected chi connectivity index (χ3v) is 3.63. The first-order valence-electron chi connectivity index (χ1n) is 7.68. The molecule has 7 nitrogen and oxygen atoms in total. The Balaban J connectivity index is 2.00. The molecule has 0 aliphatic carbocycles. The second-order valence-corrected chi connectivity index (χ2v) is 5.50. The number of ether oxygens (including phenoxy) is 3. The fourth-order valence-electron chi connectivity index (χ4n) is 2.34. The quantitative estimate of drug-likeness (QED) is 0.587. The molecule has 1 aromatic carbocycles. The lowest BCUT2D eigenvalue weighted by Crippen LogP contribution is -2.20. The van der Waals surface area contributed by atoms with Gasteiger partial charge in [-0.2, -0.15) is 31.6 Å². The van der Waals surface area contributed by atoms with Gasteiger partial charge >= 0.3 is 12.3 Å². The predicted molar refractivity (Wildman–Crippen MR) is 85.2 cm³/mol. The maximum Gasteiger partial charge on any atom is 0.422 e. The minimum Gasteiger partial charge on any atom is -0.496 e. The summed E-state index contributed by atoms with van der Waals surface area (Å²) in [4.78, 5) is 0. The van der Waals surface area contributed by atoms with Crippen LogP contribution in [-0.4, -0.2) is 46.8 Å². The topological polar surface area (TPSA) is 70.8 Å². The van der Waals surface area contributed by atoms with Crippen molar-refractivity contribution < 1.29 is 36.2 Å². The number of hydrogen-bond donors (Lipinski definition) is 0. The van der Waals surface area contributed by atoms with E-state index in [2.05, 4.69) is 24.8 Å². The van der Waals surface area contributed by atoms with Gasteiger partial charge in [-0.3, -0.25) is 0 Å². The number of fused-ring (bicyclic) bond motifs is 1. The van der Waals surface area contributed by atoms with Crippen molar-refractivity contribution in [2.24, 2.45) is 0 Å². The highest BCUT2D eigenvalue weighted by Gasteiger charge is 2.38. The van der Waals surface area contributed by atoms with E-state index in [4.69, 9.17) is 4.74 Å². The molecule has 0 radical (unpaired) electrons. The molecule has 3 aromatic rings. The predicted octanol–water partition coefficient (Wildman–Crippen LogP) is 3.44. The maximum absolute atomic E-state index is 13.8. The molecule has 3 rings (SSSR count). The second kappa shape index (κ2) is 7.19. The van der Waals surface area contributed by atoms with E-state index in [1.165, 1.54) is 37.4 Å². The van der Waals surface area contributed by atoms with Gasteiger partial charge in [0.2, 0.25) is 0 Å². The Kier molecular flexibility index (Phi) is 5.06. The fourth-order valence-corrected chi connectivity index (χ4v) is 2.34. The number of nitrogens with zero attached hydrogens (tertiary/aromatic N) is 4. The molecule has 12 heteroatoms. The van der Waals surface area contributed by atoms with Gasteiger partial charge in [-0.15, -0.1) is 10.2 Å². The first-order valence-corrected chi connectivity index (χ1v) is 7.68. The number of hydrogen-bond acceptors (Lipinski definition) is 6. The van der Waals surface area contributed by atoms with E-state index >= 15 is 0 Å². The van der Waals surface area contributed by atoms with Gasteiger partial charge in [-0.1, -0.05) is 0 Å². The zero-order valence-corrected chi connectivity index (χ0v) is 14.5. The Morgan fingerprint density at radius 3 is 2.39 bits per heavy atom. The van der Waals surface area contributed by atoms with Crippen LogP contribution in [0.2, 0.25) is 0 Å². The Morgan fingerprint density at radius 1 is 1.00 bits per heavy atom. The van der Waals surface area contributed by atoms with Gasteiger partial charge in [-0.05, 0) is 24.3 Å².